The summed E-state index contributed by atoms with van der Waals surface area (Å²) in [6.45, 7) is 0. The van der Waals surface area contributed by atoms with Crippen molar-refractivity contribution in [1.82, 2.24) is 0 Å². The lowest BCUT2D eigenvalue weighted by Crippen LogP contribution is -2.03. The minimum atomic E-state index is -0.839. The van der Waals surface area contributed by atoms with Gasteiger partial charge in [-0.15, -0.1) is 0 Å². The van der Waals surface area contributed by atoms with Crippen LogP contribution in [0.25, 0.3) is 0 Å². The van der Waals surface area contributed by atoms with Crippen molar-refractivity contribution in [2.75, 3.05) is 0 Å². The highest BCUT2D eigenvalue weighted by molar-refractivity contribution is 7.08. The first-order valence-corrected chi connectivity index (χ1v) is 7.89. The molecule has 1 atom stereocenters. The van der Waals surface area contributed by atoms with Crippen LogP contribution in [0.2, 0.25) is 0 Å². The molecule has 3 rings (SSSR count). The van der Waals surface area contributed by atoms with E-state index in [9.17, 15) is 4.79 Å². The van der Waals surface area contributed by atoms with E-state index < -0.39 is 5.97 Å². The largest absolute Gasteiger partial charge is 0.478 e. The molecule has 3 heteroatoms. The Morgan fingerprint density at radius 2 is 2.05 bits per heavy atom. The van der Waals surface area contributed by atoms with E-state index in [0.29, 0.717) is 17.9 Å². The lowest BCUT2D eigenvalue weighted by molar-refractivity contribution is 0.0696. The zero-order valence-corrected chi connectivity index (χ0v) is 12.3. The summed E-state index contributed by atoms with van der Waals surface area (Å²) in [7, 11) is 0. The third-order valence-electron chi connectivity index (χ3n) is 3.77. The standard InChI is InChI=1S/C18H16O2S/c19-18(20)17-12-21-11-16(17)10-13-6-8-15(9-7-13)14-4-2-1-3-5-14/h1-8,11-12,15H,9-10H2,(H,19,20). The van der Waals surface area contributed by atoms with Gasteiger partial charge >= 0.3 is 5.97 Å². The molecular formula is C18H16O2S. The van der Waals surface area contributed by atoms with Crippen LogP contribution in [-0.4, -0.2) is 11.1 Å². The molecule has 1 aromatic carbocycles. The van der Waals surface area contributed by atoms with Gasteiger partial charge in [0.1, 0.15) is 0 Å². The number of hydrogen-bond donors (Lipinski definition) is 1. The molecule has 0 spiro atoms. The maximum atomic E-state index is 11.1. The van der Waals surface area contributed by atoms with Gasteiger partial charge in [0.25, 0.3) is 0 Å². The number of carboxylic acids is 1. The molecule has 1 N–H and O–H groups in total. The summed E-state index contributed by atoms with van der Waals surface area (Å²) in [5, 5.41) is 12.8. The monoisotopic (exact) mass is 296 g/mol. The predicted molar refractivity (Wildman–Crippen MR) is 86.0 cm³/mol. The Bertz CT molecular complexity index is 695. The van der Waals surface area contributed by atoms with Crippen molar-refractivity contribution >= 4 is 17.3 Å². The van der Waals surface area contributed by atoms with E-state index in [1.807, 2.05) is 11.4 Å². The fraction of sp³-hybridized carbons (Fsp3) is 0.167. The molecule has 0 fully saturated rings. The average molecular weight is 296 g/mol. The third kappa shape index (κ3) is 3.14. The maximum absolute atomic E-state index is 11.1. The highest BCUT2D eigenvalue weighted by Crippen LogP contribution is 2.28. The Morgan fingerprint density at radius 3 is 2.71 bits per heavy atom. The summed E-state index contributed by atoms with van der Waals surface area (Å²) >= 11 is 1.45. The number of hydrogen-bond acceptors (Lipinski definition) is 2. The molecule has 0 amide bonds. The van der Waals surface area contributed by atoms with Crippen molar-refractivity contribution in [3.05, 3.63) is 81.6 Å². The molecule has 0 radical (unpaired) electrons. The van der Waals surface area contributed by atoms with Gasteiger partial charge in [0.15, 0.2) is 0 Å². The Kier molecular flexibility index (Phi) is 4.02. The number of aromatic carboxylic acids is 1. The summed E-state index contributed by atoms with van der Waals surface area (Å²) in [4.78, 5) is 11.1. The van der Waals surface area contributed by atoms with Gasteiger partial charge in [-0.2, -0.15) is 11.3 Å². The van der Waals surface area contributed by atoms with Gasteiger partial charge < -0.3 is 5.11 Å². The number of carbonyl (C=O) groups is 1. The van der Waals surface area contributed by atoms with Crippen LogP contribution in [0.3, 0.4) is 0 Å². The van der Waals surface area contributed by atoms with Crippen molar-refractivity contribution in [3.8, 4) is 0 Å². The van der Waals surface area contributed by atoms with Crippen molar-refractivity contribution in [2.24, 2.45) is 0 Å². The van der Waals surface area contributed by atoms with Crippen LogP contribution >= 0.6 is 11.3 Å². The van der Waals surface area contributed by atoms with Crippen molar-refractivity contribution < 1.29 is 9.90 Å². The van der Waals surface area contributed by atoms with Crippen LogP contribution in [0.4, 0.5) is 0 Å². The van der Waals surface area contributed by atoms with E-state index in [1.54, 1.807) is 5.38 Å². The number of carboxylic acid groups (broad SMARTS) is 1. The smallest absolute Gasteiger partial charge is 0.336 e. The second-order valence-corrected chi connectivity index (χ2v) is 5.93. The van der Waals surface area contributed by atoms with Gasteiger partial charge in [-0.1, -0.05) is 48.6 Å². The zero-order chi connectivity index (χ0) is 14.7. The van der Waals surface area contributed by atoms with E-state index in [2.05, 4.69) is 42.5 Å². The van der Waals surface area contributed by atoms with E-state index in [1.165, 1.54) is 22.5 Å². The van der Waals surface area contributed by atoms with E-state index in [4.69, 9.17) is 5.11 Å². The second-order valence-electron chi connectivity index (χ2n) is 5.18. The summed E-state index contributed by atoms with van der Waals surface area (Å²) < 4.78 is 0. The molecule has 1 aliphatic carbocycles. The Labute approximate surface area is 128 Å². The topological polar surface area (TPSA) is 37.3 Å². The quantitative estimate of drug-likeness (QED) is 0.891. The first-order chi connectivity index (χ1) is 10.2. The van der Waals surface area contributed by atoms with Crippen LogP contribution in [0.1, 0.15) is 33.8 Å². The normalized spacial score (nSPS) is 17.5. The molecule has 21 heavy (non-hydrogen) atoms. The minimum Gasteiger partial charge on any atom is -0.478 e. The van der Waals surface area contributed by atoms with Crippen LogP contribution in [0.15, 0.2) is 64.9 Å². The molecule has 2 aromatic rings. The third-order valence-corrected chi connectivity index (χ3v) is 4.56. The SMILES string of the molecule is O=C(O)c1cscc1CC1=CCC(c2ccccc2)C=C1. The molecule has 1 heterocycles. The molecule has 0 aliphatic heterocycles. The Hall–Kier alpha value is -2.13. The molecule has 0 saturated carbocycles. The molecule has 0 bridgehead atoms. The Morgan fingerprint density at radius 1 is 1.24 bits per heavy atom. The first kappa shape index (κ1) is 13.8. The van der Waals surface area contributed by atoms with E-state index in [-0.39, 0.29) is 0 Å². The number of allylic oxidation sites excluding steroid dienone is 4. The summed E-state index contributed by atoms with van der Waals surface area (Å²) in [6, 6.07) is 10.5. The summed E-state index contributed by atoms with van der Waals surface area (Å²) in [6.07, 6.45) is 8.24. The molecule has 106 valence electrons. The van der Waals surface area contributed by atoms with Gasteiger partial charge in [0.2, 0.25) is 0 Å². The number of benzene rings is 1. The van der Waals surface area contributed by atoms with Crippen molar-refractivity contribution in [2.45, 2.75) is 18.8 Å². The lowest BCUT2D eigenvalue weighted by atomic mass is 9.88. The molecule has 1 aromatic heterocycles. The Balaban J connectivity index is 1.70. The van der Waals surface area contributed by atoms with Crippen LogP contribution in [-0.2, 0) is 6.42 Å². The lowest BCUT2D eigenvalue weighted by Gasteiger charge is -2.16. The van der Waals surface area contributed by atoms with Crippen LogP contribution in [0.5, 0.6) is 0 Å². The number of rotatable bonds is 4. The van der Waals surface area contributed by atoms with Crippen molar-refractivity contribution in [3.63, 3.8) is 0 Å². The van der Waals surface area contributed by atoms with Crippen LogP contribution < -0.4 is 0 Å². The van der Waals surface area contributed by atoms with Gasteiger partial charge in [-0.3, -0.25) is 0 Å². The average Bonchev–Trinajstić information content (AvgIpc) is 2.97. The van der Waals surface area contributed by atoms with Crippen LogP contribution in [0, 0.1) is 0 Å². The summed E-state index contributed by atoms with van der Waals surface area (Å²) in [5.41, 5.74) is 3.86. The molecule has 0 saturated heterocycles. The van der Waals surface area contributed by atoms with Gasteiger partial charge in [0.05, 0.1) is 5.56 Å². The fourth-order valence-electron chi connectivity index (χ4n) is 2.61. The van der Waals surface area contributed by atoms with E-state index in [0.717, 1.165) is 12.0 Å². The maximum Gasteiger partial charge on any atom is 0.336 e. The van der Waals surface area contributed by atoms with Gasteiger partial charge in [-0.25, -0.2) is 4.79 Å². The molecule has 1 aliphatic rings. The van der Waals surface area contributed by atoms with Gasteiger partial charge in [-0.05, 0) is 34.9 Å². The highest BCUT2D eigenvalue weighted by Gasteiger charge is 2.14. The second kappa shape index (κ2) is 6.10. The summed E-state index contributed by atoms with van der Waals surface area (Å²) in [5.74, 6) is -0.412. The fourth-order valence-corrected chi connectivity index (χ4v) is 3.44. The van der Waals surface area contributed by atoms with Crippen molar-refractivity contribution in [1.29, 1.82) is 0 Å². The molecular weight excluding hydrogens is 280 g/mol. The minimum absolute atomic E-state index is 0.427. The zero-order valence-electron chi connectivity index (χ0n) is 11.5. The van der Waals surface area contributed by atoms with E-state index >= 15 is 0 Å². The first-order valence-electron chi connectivity index (χ1n) is 6.94. The number of thiophene rings is 1. The predicted octanol–water partition coefficient (Wildman–Crippen LogP) is 4.66. The van der Waals surface area contributed by atoms with Gasteiger partial charge in [0, 0.05) is 11.3 Å². The molecule has 2 nitrogen and oxygen atoms in total. The highest BCUT2D eigenvalue weighted by atomic mass is 32.1. The molecule has 1 unspecified atom stereocenters.